The van der Waals surface area contributed by atoms with Crippen molar-refractivity contribution in [1.29, 1.82) is 5.26 Å². The van der Waals surface area contributed by atoms with Gasteiger partial charge in [0, 0.05) is 38.6 Å². The van der Waals surface area contributed by atoms with Crippen molar-refractivity contribution in [3.63, 3.8) is 0 Å². The molecule has 3 aromatic rings. The smallest absolute Gasteiger partial charge is 0.219 e. The average Bonchev–Trinajstić information content (AvgIpc) is 3.15. The maximum Gasteiger partial charge on any atom is 0.219 e. The Labute approximate surface area is 174 Å². The van der Waals surface area contributed by atoms with Crippen LogP contribution in [0, 0.1) is 11.3 Å². The van der Waals surface area contributed by atoms with E-state index in [1.54, 1.807) is 35.3 Å². The van der Waals surface area contributed by atoms with E-state index in [1.807, 2.05) is 13.1 Å². The third kappa shape index (κ3) is 4.25. The van der Waals surface area contributed by atoms with E-state index in [4.69, 9.17) is 15.2 Å². The molecule has 1 aliphatic rings. The molecule has 2 aromatic heterocycles. The molecule has 3 heterocycles. The number of benzene rings is 1. The largest absolute Gasteiger partial charge is 0.438 e. The predicted octanol–water partition coefficient (Wildman–Crippen LogP) is 1.88. The van der Waals surface area contributed by atoms with E-state index >= 15 is 0 Å². The van der Waals surface area contributed by atoms with E-state index in [0.29, 0.717) is 48.3 Å². The highest BCUT2D eigenvalue weighted by atomic mass is 16.5. The van der Waals surface area contributed by atoms with Gasteiger partial charge in [-0.3, -0.25) is 0 Å². The van der Waals surface area contributed by atoms with Crippen LogP contribution in [-0.2, 0) is 18.2 Å². The van der Waals surface area contributed by atoms with Crippen LogP contribution in [0.4, 0.5) is 5.82 Å². The summed E-state index contributed by atoms with van der Waals surface area (Å²) in [6.45, 7) is 3.47. The Kier molecular flexibility index (Phi) is 5.88. The zero-order valence-corrected chi connectivity index (χ0v) is 16.8. The van der Waals surface area contributed by atoms with E-state index in [2.05, 4.69) is 26.0 Å². The van der Waals surface area contributed by atoms with Crippen molar-refractivity contribution in [1.82, 2.24) is 19.7 Å². The van der Waals surface area contributed by atoms with E-state index in [1.165, 1.54) is 0 Å². The third-order valence-corrected chi connectivity index (χ3v) is 4.86. The monoisotopic (exact) mass is 405 g/mol. The fourth-order valence-electron chi connectivity index (χ4n) is 3.24. The first-order chi connectivity index (χ1) is 14.7. The molecule has 0 bridgehead atoms. The Morgan fingerprint density at radius 1 is 1.20 bits per heavy atom. The van der Waals surface area contributed by atoms with Crippen LogP contribution in [-0.4, -0.2) is 52.6 Å². The maximum absolute atomic E-state index is 9.33. The van der Waals surface area contributed by atoms with Gasteiger partial charge < -0.3 is 20.1 Å². The van der Waals surface area contributed by atoms with Crippen molar-refractivity contribution in [2.45, 2.75) is 6.42 Å². The number of rotatable bonds is 6. The molecule has 0 atom stereocenters. The lowest BCUT2D eigenvalue weighted by atomic mass is 10.1. The second kappa shape index (κ2) is 8.90. The fraction of sp³-hybridized carbons (Fsp3) is 0.333. The van der Waals surface area contributed by atoms with Crippen LogP contribution in [0.1, 0.15) is 11.1 Å². The summed E-state index contributed by atoms with van der Waals surface area (Å²) in [5.41, 5.74) is 7.75. The van der Waals surface area contributed by atoms with E-state index in [9.17, 15) is 5.26 Å². The number of anilines is 1. The topological polar surface area (TPSA) is 115 Å². The lowest BCUT2D eigenvalue weighted by Crippen LogP contribution is -2.36. The first-order valence-electron chi connectivity index (χ1n) is 9.78. The van der Waals surface area contributed by atoms with Crippen molar-refractivity contribution in [3.8, 4) is 29.1 Å². The van der Waals surface area contributed by atoms with Crippen LogP contribution in [0.15, 0.2) is 36.7 Å². The quantitative estimate of drug-likeness (QED) is 0.661. The van der Waals surface area contributed by atoms with Crippen molar-refractivity contribution in [2.75, 3.05) is 37.7 Å². The van der Waals surface area contributed by atoms with Gasteiger partial charge in [-0.05, 0) is 36.7 Å². The van der Waals surface area contributed by atoms with Gasteiger partial charge in [-0.2, -0.15) is 10.4 Å². The Bertz CT molecular complexity index is 1050. The van der Waals surface area contributed by atoms with E-state index < -0.39 is 0 Å². The van der Waals surface area contributed by atoms with Gasteiger partial charge in [-0.25, -0.2) is 14.6 Å². The van der Waals surface area contributed by atoms with Gasteiger partial charge in [-0.1, -0.05) is 0 Å². The lowest BCUT2D eigenvalue weighted by Gasteiger charge is -2.26. The highest BCUT2D eigenvalue weighted by Crippen LogP contribution is 2.33. The molecule has 1 aromatic carbocycles. The fourth-order valence-corrected chi connectivity index (χ4v) is 3.24. The molecule has 0 saturated carbocycles. The van der Waals surface area contributed by atoms with Gasteiger partial charge in [0.25, 0.3) is 0 Å². The molecule has 0 amide bonds. The molecule has 30 heavy (non-hydrogen) atoms. The van der Waals surface area contributed by atoms with Crippen molar-refractivity contribution in [3.05, 3.63) is 47.8 Å². The number of hydrogen-bond acceptors (Lipinski definition) is 8. The Hall–Kier alpha value is -3.48. The van der Waals surface area contributed by atoms with Crippen molar-refractivity contribution in [2.24, 2.45) is 12.8 Å². The van der Waals surface area contributed by atoms with Gasteiger partial charge in [-0.15, -0.1) is 0 Å². The highest BCUT2D eigenvalue weighted by Gasteiger charge is 2.18. The molecule has 1 saturated heterocycles. The zero-order valence-electron chi connectivity index (χ0n) is 16.8. The third-order valence-electron chi connectivity index (χ3n) is 4.86. The Morgan fingerprint density at radius 3 is 2.67 bits per heavy atom. The molecule has 9 heteroatoms. The summed E-state index contributed by atoms with van der Waals surface area (Å²) in [5.74, 6) is 2.41. The second-order valence-electron chi connectivity index (χ2n) is 6.94. The predicted molar refractivity (Wildman–Crippen MR) is 111 cm³/mol. The van der Waals surface area contributed by atoms with Crippen LogP contribution < -0.4 is 15.4 Å². The van der Waals surface area contributed by atoms with Gasteiger partial charge in [0.05, 0.1) is 30.4 Å². The standard InChI is InChI=1S/C21H23N7O2/c1-27-20(11-19(26-27)28-6-8-29-9-7-28)30-18-10-15(12-23)2-3-17(18)21-24-13-16(4-5-22)14-25-21/h2-3,10-11,13-14H,4-9,22H2,1H3. The van der Waals surface area contributed by atoms with Crippen LogP contribution >= 0.6 is 0 Å². The van der Waals surface area contributed by atoms with Crippen molar-refractivity contribution >= 4 is 5.82 Å². The summed E-state index contributed by atoms with van der Waals surface area (Å²) in [6.07, 6.45) is 4.24. The molecule has 1 aliphatic heterocycles. The average molecular weight is 405 g/mol. The van der Waals surface area contributed by atoms with Gasteiger partial charge in [0.15, 0.2) is 11.6 Å². The summed E-state index contributed by atoms with van der Waals surface area (Å²) in [4.78, 5) is 11.1. The number of ether oxygens (including phenoxy) is 2. The minimum absolute atomic E-state index is 0.490. The van der Waals surface area contributed by atoms with Gasteiger partial charge in [0.1, 0.15) is 5.75 Å². The van der Waals surface area contributed by atoms with Gasteiger partial charge in [0.2, 0.25) is 5.88 Å². The van der Waals surface area contributed by atoms with Gasteiger partial charge >= 0.3 is 0 Å². The molecule has 0 unspecified atom stereocenters. The summed E-state index contributed by atoms with van der Waals surface area (Å²) in [6, 6.07) is 9.25. The first-order valence-corrected chi connectivity index (χ1v) is 9.78. The lowest BCUT2D eigenvalue weighted by molar-refractivity contribution is 0.122. The number of nitrogens with two attached hydrogens (primary N) is 1. The molecule has 154 valence electrons. The SMILES string of the molecule is Cn1nc(N2CCOCC2)cc1Oc1cc(C#N)ccc1-c1ncc(CCN)cn1. The first kappa shape index (κ1) is 19.8. The Balaban J connectivity index is 1.65. The summed E-state index contributed by atoms with van der Waals surface area (Å²) in [5, 5.41) is 13.9. The molecular weight excluding hydrogens is 382 g/mol. The molecule has 1 fully saturated rings. The maximum atomic E-state index is 9.33. The normalized spacial score (nSPS) is 13.8. The zero-order chi connectivity index (χ0) is 20.9. The van der Waals surface area contributed by atoms with E-state index in [-0.39, 0.29) is 0 Å². The molecule has 4 rings (SSSR count). The highest BCUT2D eigenvalue weighted by molar-refractivity contribution is 5.66. The van der Waals surface area contributed by atoms with Crippen LogP contribution in [0.5, 0.6) is 11.6 Å². The summed E-state index contributed by atoms with van der Waals surface area (Å²) in [7, 11) is 1.82. The minimum atomic E-state index is 0.490. The Morgan fingerprint density at radius 2 is 1.97 bits per heavy atom. The minimum Gasteiger partial charge on any atom is -0.438 e. The molecule has 0 spiro atoms. The summed E-state index contributed by atoms with van der Waals surface area (Å²) >= 11 is 0. The molecular formula is C21H23N7O2. The number of hydrogen-bond donors (Lipinski definition) is 1. The number of nitrogens with zero attached hydrogens (tertiary/aromatic N) is 6. The number of nitriles is 1. The van der Waals surface area contributed by atoms with E-state index in [0.717, 1.165) is 30.9 Å². The number of aryl methyl sites for hydroxylation is 1. The molecule has 9 nitrogen and oxygen atoms in total. The van der Waals surface area contributed by atoms with Crippen LogP contribution in [0.25, 0.3) is 11.4 Å². The van der Waals surface area contributed by atoms with Crippen LogP contribution in [0.2, 0.25) is 0 Å². The molecule has 2 N–H and O–H groups in total. The molecule has 0 radical (unpaired) electrons. The van der Waals surface area contributed by atoms with Crippen LogP contribution in [0.3, 0.4) is 0 Å². The number of morpholine rings is 1. The second-order valence-corrected chi connectivity index (χ2v) is 6.94. The molecule has 0 aliphatic carbocycles. The van der Waals surface area contributed by atoms with Crippen molar-refractivity contribution < 1.29 is 9.47 Å². The number of aromatic nitrogens is 4. The summed E-state index contributed by atoms with van der Waals surface area (Å²) < 4.78 is 13.3.